The Bertz CT molecular complexity index is 1190. The summed E-state index contributed by atoms with van der Waals surface area (Å²) >= 11 is 1.74. The van der Waals surface area contributed by atoms with E-state index in [-0.39, 0.29) is 11.8 Å². The van der Waals surface area contributed by atoms with E-state index in [1.807, 2.05) is 0 Å². The van der Waals surface area contributed by atoms with E-state index >= 15 is 0 Å². The van der Waals surface area contributed by atoms with Crippen LogP contribution in [0.25, 0.3) is 10.9 Å². The third-order valence-electron chi connectivity index (χ3n) is 6.87. The van der Waals surface area contributed by atoms with Crippen molar-refractivity contribution in [3.05, 3.63) is 94.3 Å². The number of para-hydroxylation sites is 1. The lowest BCUT2D eigenvalue weighted by molar-refractivity contribution is -0.121. The van der Waals surface area contributed by atoms with E-state index in [2.05, 4.69) is 93.1 Å². The molecule has 1 amide bonds. The highest BCUT2D eigenvalue weighted by Gasteiger charge is 2.23. The topological polar surface area (TPSA) is 37.3 Å². The van der Waals surface area contributed by atoms with E-state index in [1.165, 1.54) is 46.2 Å². The maximum Gasteiger partial charge on any atom is 0.221 e. The van der Waals surface area contributed by atoms with Crippen molar-refractivity contribution in [2.45, 2.75) is 38.1 Å². The minimum atomic E-state index is 0.0527. The number of likely N-dealkylation sites (tertiary alicyclic amines) is 1. The number of amides is 1. The van der Waals surface area contributed by atoms with Gasteiger partial charge >= 0.3 is 0 Å². The Morgan fingerprint density at radius 3 is 2.53 bits per heavy atom. The van der Waals surface area contributed by atoms with Crippen molar-refractivity contribution in [2.24, 2.45) is 0 Å². The van der Waals surface area contributed by atoms with E-state index in [0.29, 0.717) is 6.42 Å². The summed E-state index contributed by atoms with van der Waals surface area (Å²) in [6.45, 7) is 4.82. The highest BCUT2D eigenvalue weighted by Crippen LogP contribution is 2.37. The Hall–Kier alpha value is -2.89. The minimum absolute atomic E-state index is 0.0527. The number of aromatic nitrogens is 1. The first-order valence-corrected chi connectivity index (χ1v) is 13.3. The second-order valence-corrected chi connectivity index (χ2v) is 10.2. The average molecular weight is 472 g/mol. The molecule has 1 aliphatic rings. The number of rotatable bonds is 9. The summed E-state index contributed by atoms with van der Waals surface area (Å²) in [5.74, 6) is 0.187. The molecule has 176 valence electrons. The first-order chi connectivity index (χ1) is 16.8. The third-order valence-corrected chi connectivity index (χ3v) is 7.85. The van der Waals surface area contributed by atoms with Crippen LogP contribution in [-0.2, 0) is 11.3 Å². The Morgan fingerprint density at radius 1 is 0.941 bits per heavy atom. The van der Waals surface area contributed by atoms with Crippen LogP contribution in [0.15, 0.2) is 78.3 Å². The Labute approximate surface area is 206 Å². The molecule has 0 saturated carbocycles. The van der Waals surface area contributed by atoms with Crippen molar-refractivity contribution in [1.29, 1.82) is 0 Å². The Morgan fingerprint density at radius 2 is 1.74 bits per heavy atom. The second-order valence-electron chi connectivity index (χ2n) is 9.24. The summed E-state index contributed by atoms with van der Waals surface area (Å²) < 4.78 is 2.33. The lowest BCUT2D eigenvalue weighted by Gasteiger charge is -2.26. The molecule has 0 spiro atoms. The predicted octanol–water partition coefficient (Wildman–Crippen LogP) is 5.88. The van der Waals surface area contributed by atoms with Crippen LogP contribution < -0.4 is 5.32 Å². The van der Waals surface area contributed by atoms with E-state index in [4.69, 9.17) is 0 Å². The summed E-state index contributed by atoms with van der Waals surface area (Å²) in [6, 6.07) is 23.4. The number of nitrogens with zero attached hydrogens (tertiary/aromatic N) is 2. The van der Waals surface area contributed by atoms with Crippen LogP contribution in [0.5, 0.6) is 0 Å². The van der Waals surface area contributed by atoms with E-state index in [0.717, 1.165) is 32.7 Å². The van der Waals surface area contributed by atoms with Gasteiger partial charge in [0, 0.05) is 53.9 Å². The van der Waals surface area contributed by atoms with Gasteiger partial charge in [0.1, 0.15) is 0 Å². The van der Waals surface area contributed by atoms with Gasteiger partial charge in [-0.15, -0.1) is 11.3 Å². The standard InChI is InChI=1S/C29H33N3OS/c33-29(30-15-18-31-16-7-2-8-17-31)20-25(28-14-9-19-34-28)26-22-32(21-23-10-3-1-4-11-23)27-13-6-5-12-24(26)27/h1,3-6,9-14,19,22,25H,2,7-8,15-18,20-21H2,(H,30,33). The fraction of sp³-hybridized carbons (Fsp3) is 0.345. The maximum atomic E-state index is 13.1. The monoisotopic (exact) mass is 471 g/mol. The lowest BCUT2D eigenvalue weighted by atomic mass is 9.93. The molecule has 4 aromatic rings. The van der Waals surface area contributed by atoms with Crippen molar-refractivity contribution in [1.82, 2.24) is 14.8 Å². The first-order valence-electron chi connectivity index (χ1n) is 12.4. The number of carbonyl (C=O) groups excluding carboxylic acids is 1. The first kappa shape index (κ1) is 22.9. The van der Waals surface area contributed by atoms with Gasteiger partial charge in [0.15, 0.2) is 0 Å². The van der Waals surface area contributed by atoms with Gasteiger partial charge in [-0.2, -0.15) is 0 Å². The molecule has 34 heavy (non-hydrogen) atoms. The van der Waals surface area contributed by atoms with Crippen LogP contribution in [0.2, 0.25) is 0 Å². The molecule has 1 saturated heterocycles. The molecule has 2 aromatic heterocycles. The largest absolute Gasteiger partial charge is 0.355 e. The predicted molar refractivity (Wildman–Crippen MR) is 142 cm³/mol. The molecule has 4 nitrogen and oxygen atoms in total. The molecule has 5 heteroatoms. The van der Waals surface area contributed by atoms with Crippen molar-refractivity contribution in [3.63, 3.8) is 0 Å². The second kappa shape index (κ2) is 11.0. The SMILES string of the molecule is O=C(CC(c1cccs1)c1cn(Cc2ccccc2)c2ccccc12)NCCN1CCCCC1. The fourth-order valence-corrected chi connectivity index (χ4v) is 5.96. The van der Waals surface area contributed by atoms with Gasteiger partial charge in [-0.1, -0.05) is 61.0 Å². The maximum absolute atomic E-state index is 13.1. The number of hydrogen-bond donors (Lipinski definition) is 1. The van der Waals surface area contributed by atoms with Crippen LogP contribution in [0.1, 0.15) is 47.6 Å². The molecule has 2 aromatic carbocycles. The smallest absolute Gasteiger partial charge is 0.221 e. The number of hydrogen-bond acceptors (Lipinski definition) is 3. The van der Waals surface area contributed by atoms with Gasteiger partial charge in [-0.05, 0) is 54.6 Å². The van der Waals surface area contributed by atoms with Crippen molar-refractivity contribution in [3.8, 4) is 0 Å². The number of carbonyl (C=O) groups is 1. The average Bonchev–Trinajstić information content (AvgIpc) is 3.53. The zero-order valence-electron chi connectivity index (χ0n) is 19.7. The lowest BCUT2D eigenvalue weighted by Crippen LogP contribution is -2.38. The van der Waals surface area contributed by atoms with Crippen LogP contribution in [0.4, 0.5) is 0 Å². The molecule has 1 unspecified atom stereocenters. The zero-order valence-corrected chi connectivity index (χ0v) is 20.5. The van der Waals surface area contributed by atoms with Crippen LogP contribution in [0, 0.1) is 0 Å². The molecule has 1 fully saturated rings. The highest BCUT2D eigenvalue weighted by molar-refractivity contribution is 7.10. The fourth-order valence-electron chi connectivity index (χ4n) is 5.11. The Balaban J connectivity index is 1.37. The summed E-state index contributed by atoms with van der Waals surface area (Å²) in [7, 11) is 0. The normalized spacial score (nSPS) is 15.4. The van der Waals surface area contributed by atoms with Crippen LogP contribution in [0.3, 0.4) is 0 Å². The number of fused-ring (bicyclic) bond motifs is 1. The number of nitrogens with one attached hydrogen (secondary N) is 1. The van der Waals surface area contributed by atoms with E-state index in [9.17, 15) is 4.79 Å². The molecule has 0 bridgehead atoms. The summed E-state index contributed by atoms with van der Waals surface area (Å²) in [5, 5.41) is 6.55. The van der Waals surface area contributed by atoms with Crippen molar-refractivity contribution < 1.29 is 4.79 Å². The molecular formula is C29H33N3OS. The number of thiophene rings is 1. The molecule has 3 heterocycles. The van der Waals surface area contributed by atoms with Crippen LogP contribution >= 0.6 is 11.3 Å². The molecular weight excluding hydrogens is 438 g/mol. The van der Waals surface area contributed by atoms with Gasteiger partial charge in [0.2, 0.25) is 5.91 Å². The highest BCUT2D eigenvalue weighted by atomic mass is 32.1. The minimum Gasteiger partial charge on any atom is -0.355 e. The van der Waals surface area contributed by atoms with Crippen molar-refractivity contribution >= 4 is 28.1 Å². The molecule has 1 N–H and O–H groups in total. The van der Waals surface area contributed by atoms with Gasteiger partial charge in [-0.3, -0.25) is 4.79 Å². The summed E-state index contributed by atoms with van der Waals surface area (Å²) in [6.07, 6.45) is 6.63. The zero-order chi connectivity index (χ0) is 23.2. The summed E-state index contributed by atoms with van der Waals surface area (Å²) in [4.78, 5) is 16.8. The van der Waals surface area contributed by atoms with Gasteiger partial charge in [0.05, 0.1) is 0 Å². The third kappa shape index (κ3) is 5.43. The molecule has 1 atom stereocenters. The number of piperidine rings is 1. The quantitative estimate of drug-likeness (QED) is 0.331. The van der Waals surface area contributed by atoms with Gasteiger partial charge in [0.25, 0.3) is 0 Å². The molecule has 5 rings (SSSR count). The summed E-state index contributed by atoms with van der Waals surface area (Å²) in [5.41, 5.74) is 3.73. The molecule has 1 aliphatic heterocycles. The molecule has 0 aliphatic carbocycles. The van der Waals surface area contributed by atoms with E-state index < -0.39 is 0 Å². The van der Waals surface area contributed by atoms with Gasteiger partial charge < -0.3 is 14.8 Å². The number of benzene rings is 2. The van der Waals surface area contributed by atoms with E-state index in [1.54, 1.807) is 11.3 Å². The van der Waals surface area contributed by atoms with Crippen molar-refractivity contribution in [2.75, 3.05) is 26.2 Å². The van der Waals surface area contributed by atoms with Crippen LogP contribution in [-0.4, -0.2) is 41.6 Å². The Kier molecular flexibility index (Phi) is 7.42. The molecule has 0 radical (unpaired) electrons. The van der Waals surface area contributed by atoms with Gasteiger partial charge in [-0.25, -0.2) is 0 Å².